The first kappa shape index (κ1) is 19.7. The monoisotopic (exact) mass is 460 g/mol. The summed E-state index contributed by atoms with van der Waals surface area (Å²) in [6.45, 7) is 4.35. The fourth-order valence-electron chi connectivity index (χ4n) is 3.69. The summed E-state index contributed by atoms with van der Waals surface area (Å²) < 4.78 is 24.2. The molecule has 33 heavy (non-hydrogen) atoms. The Morgan fingerprint density at radius 3 is 2.85 bits per heavy atom. The molecule has 0 fully saturated rings. The first-order valence-electron chi connectivity index (χ1n) is 10.0. The minimum atomic E-state index is -0.409. The van der Waals surface area contributed by atoms with Gasteiger partial charge in [-0.25, -0.2) is 4.39 Å². The molecule has 0 bridgehead atoms. The molecule has 4 aromatic heterocycles. The minimum Gasteiger partial charge on any atom is -0.484 e. The molecule has 0 N–H and O–H groups in total. The molecule has 0 saturated carbocycles. The van der Waals surface area contributed by atoms with Gasteiger partial charge in [-0.2, -0.15) is 14.7 Å². The number of benzene rings is 1. The number of anilines is 1. The zero-order valence-corrected chi connectivity index (χ0v) is 18.5. The number of hydrogen-bond acceptors (Lipinski definition) is 8. The lowest BCUT2D eigenvalue weighted by molar-refractivity contribution is 0.342. The van der Waals surface area contributed by atoms with Crippen molar-refractivity contribution in [1.82, 2.24) is 34.6 Å². The smallest absolute Gasteiger partial charge is 0.217 e. The lowest BCUT2D eigenvalue weighted by Crippen LogP contribution is -2.26. The summed E-state index contributed by atoms with van der Waals surface area (Å²) in [5.41, 5.74) is 4.27. The number of rotatable bonds is 3. The molecule has 164 valence electrons. The number of halogens is 1. The van der Waals surface area contributed by atoms with Crippen molar-refractivity contribution < 1.29 is 9.13 Å². The van der Waals surface area contributed by atoms with Crippen LogP contribution in [0.5, 0.6) is 5.75 Å². The van der Waals surface area contributed by atoms with Crippen LogP contribution in [0.25, 0.3) is 27.8 Å². The summed E-state index contributed by atoms with van der Waals surface area (Å²) in [5, 5.41) is 18.4. The zero-order valence-electron chi connectivity index (χ0n) is 17.7. The van der Waals surface area contributed by atoms with Gasteiger partial charge in [0, 0.05) is 43.0 Å². The lowest BCUT2D eigenvalue weighted by Gasteiger charge is -2.30. The summed E-state index contributed by atoms with van der Waals surface area (Å²) in [7, 11) is 3.75. The molecule has 1 aliphatic heterocycles. The average Bonchev–Trinajstić information content (AvgIpc) is 3.42. The highest BCUT2D eigenvalue weighted by atomic mass is 32.2. The second-order valence-electron chi connectivity index (χ2n) is 7.66. The first-order chi connectivity index (χ1) is 16.0. The van der Waals surface area contributed by atoms with Crippen molar-refractivity contribution in [3.63, 3.8) is 0 Å². The van der Waals surface area contributed by atoms with Crippen LogP contribution in [0.2, 0.25) is 0 Å². The number of nitrogens with zero attached hydrogens (tertiary/aromatic N) is 8. The number of likely N-dealkylation sites (N-methyl/N-ethyl adjacent to an activating group) is 1. The van der Waals surface area contributed by atoms with Crippen LogP contribution < -0.4 is 9.64 Å². The van der Waals surface area contributed by atoms with Crippen molar-refractivity contribution in [2.75, 3.05) is 18.6 Å². The Balaban J connectivity index is 1.44. The Morgan fingerprint density at radius 1 is 1.15 bits per heavy atom. The topological polar surface area (TPSA) is 86.3 Å². The third-order valence-corrected chi connectivity index (χ3v) is 6.48. The molecule has 0 radical (unpaired) electrons. The predicted octanol–water partition coefficient (Wildman–Crippen LogP) is 3.71. The molecule has 0 saturated heterocycles. The molecular weight excluding hydrogens is 443 g/mol. The Hall–Kier alpha value is -3.99. The average molecular weight is 460 g/mol. The fraction of sp³-hybridized carbons (Fsp3) is 0.136. The van der Waals surface area contributed by atoms with E-state index in [1.54, 1.807) is 27.7 Å². The Morgan fingerprint density at radius 2 is 2.03 bits per heavy atom. The van der Waals surface area contributed by atoms with Gasteiger partial charge >= 0.3 is 0 Å². The summed E-state index contributed by atoms with van der Waals surface area (Å²) in [4.78, 5) is 6.71. The molecule has 0 amide bonds. The van der Waals surface area contributed by atoms with Gasteiger partial charge in [0.25, 0.3) is 0 Å². The van der Waals surface area contributed by atoms with Gasteiger partial charge in [-0.1, -0.05) is 6.58 Å². The van der Waals surface area contributed by atoms with E-state index in [-0.39, 0.29) is 0 Å². The Labute approximate surface area is 191 Å². The highest BCUT2D eigenvalue weighted by Crippen LogP contribution is 2.41. The van der Waals surface area contributed by atoms with E-state index in [1.165, 1.54) is 6.07 Å². The van der Waals surface area contributed by atoms with Crippen LogP contribution in [0, 0.1) is 5.82 Å². The molecule has 0 atom stereocenters. The minimum absolute atomic E-state index is 0.359. The van der Waals surface area contributed by atoms with E-state index in [0.29, 0.717) is 44.7 Å². The summed E-state index contributed by atoms with van der Waals surface area (Å²) >= 11 is 1.14. The molecule has 0 spiro atoms. The van der Waals surface area contributed by atoms with Crippen LogP contribution in [0.3, 0.4) is 0 Å². The van der Waals surface area contributed by atoms with Gasteiger partial charge in [0.1, 0.15) is 18.1 Å². The largest absolute Gasteiger partial charge is 0.484 e. The van der Waals surface area contributed by atoms with E-state index in [0.717, 1.165) is 28.7 Å². The van der Waals surface area contributed by atoms with E-state index < -0.39 is 5.82 Å². The Bertz CT molecular complexity index is 1580. The van der Waals surface area contributed by atoms with Crippen LogP contribution in [0.1, 0.15) is 0 Å². The predicted molar refractivity (Wildman–Crippen MR) is 122 cm³/mol. The maximum absolute atomic E-state index is 15.0. The molecular formula is C22H17FN8OS. The quantitative estimate of drug-likeness (QED) is 0.403. The van der Waals surface area contributed by atoms with Crippen molar-refractivity contribution in [3.05, 3.63) is 60.9 Å². The molecule has 0 unspecified atom stereocenters. The maximum Gasteiger partial charge on any atom is 0.217 e. The molecule has 6 rings (SSSR count). The van der Waals surface area contributed by atoms with E-state index in [2.05, 4.69) is 32.0 Å². The summed E-state index contributed by atoms with van der Waals surface area (Å²) in [6, 6.07) is 6.81. The number of fused-ring (bicyclic) bond motifs is 4. The van der Waals surface area contributed by atoms with Gasteiger partial charge in [-0.05, 0) is 30.0 Å². The fourth-order valence-corrected chi connectivity index (χ4v) is 4.52. The highest BCUT2D eigenvalue weighted by molar-refractivity contribution is 7.99. The van der Waals surface area contributed by atoms with Crippen molar-refractivity contribution in [2.45, 2.75) is 10.1 Å². The molecule has 1 aromatic carbocycles. The first-order valence-corrected chi connectivity index (χ1v) is 10.9. The zero-order chi connectivity index (χ0) is 22.7. The SMILES string of the molecule is C=C1COc2c(cnc3cc(F)c(Sc4nnc5ccc(-c6cnn(C)c6)nn45)cc23)N1C. The molecule has 5 aromatic rings. The number of aromatic nitrogens is 7. The lowest BCUT2D eigenvalue weighted by atomic mass is 10.1. The molecule has 5 heterocycles. The van der Waals surface area contributed by atoms with Gasteiger partial charge in [-0.15, -0.1) is 10.2 Å². The highest BCUT2D eigenvalue weighted by Gasteiger charge is 2.23. The van der Waals surface area contributed by atoms with Gasteiger partial charge < -0.3 is 9.64 Å². The summed E-state index contributed by atoms with van der Waals surface area (Å²) in [5.74, 6) is 0.244. The van der Waals surface area contributed by atoms with E-state index in [1.807, 2.05) is 37.3 Å². The van der Waals surface area contributed by atoms with Crippen LogP contribution in [-0.4, -0.2) is 48.2 Å². The second-order valence-corrected chi connectivity index (χ2v) is 8.67. The number of pyridine rings is 1. The van der Waals surface area contributed by atoms with E-state index in [4.69, 9.17) is 4.74 Å². The number of ether oxygens (including phenoxy) is 1. The van der Waals surface area contributed by atoms with E-state index >= 15 is 4.39 Å². The van der Waals surface area contributed by atoms with Crippen molar-refractivity contribution in [2.24, 2.45) is 7.05 Å². The van der Waals surface area contributed by atoms with Crippen LogP contribution in [0.4, 0.5) is 10.1 Å². The number of hydrogen-bond donors (Lipinski definition) is 0. The van der Waals surface area contributed by atoms with Crippen molar-refractivity contribution >= 4 is 34.0 Å². The molecule has 11 heteroatoms. The van der Waals surface area contributed by atoms with Crippen molar-refractivity contribution in [1.29, 1.82) is 0 Å². The third-order valence-electron chi connectivity index (χ3n) is 5.51. The molecule has 0 aliphatic carbocycles. The van der Waals surface area contributed by atoms with Crippen LogP contribution in [0.15, 0.2) is 65.2 Å². The number of aryl methyl sites for hydroxylation is 1. The maximum atomic E-state index is 15.0. The normalized spacial score (nSPS) is 13.5. The van der Waals surface area contributed by atoms with E-state index in [9.17, 15) is 0 Å². The van der Waals surface area contributed by atoms with Gasteiger partial charge in [0.15, 0.2) is 11.4 Å². The summed E-state index contributed by atoms with van der Waals surface area (Å²) in [6.07, 6.45) is 5.27. The molecule has 1 aliphatic rings. The van der Waals surface area contributed by atoms with Gasteiger partial charge in [0.05, 0.1) is 28.5 Å². The van der Waals surface area contributed by atoms with Gasteiger partial charge in [-0.3, -0.25) is 9.67 Å². The second kappa shape index (κ2) is 7.27. The third kappa shape index (κ3) is 3.20. The van der Waals surface area contributed by atoms with Crippen molar-refractivity contribution in [3.8, 4) is 17.0 Å². The van der Waals surface area contributed by atoms with Crippen LogP contribution in [-0.2, 0) is 7.05 Å². The standard InChI is InChI=1S/C22H17FN8OS/c1-12-11-32-21-14-6-19(15(23)7-17(14)24-9-18(21)30(12)3)33-22-27-26-20-5-4-16(28-31(20)22)13-8-25-29(2)10-13/h4-10H,1,11H2,2-3H3. The van der Waals surface area contributed by atoms with Gasteiger partial charge in [0.2, 0.25) is 5.16 Å². The van der Waals surface area contributed by atoms with Crippen LogP contribution >= 0.6 is 11.8 Å². The molecule has 9 nitrogen and oxygen atoms in total. The Kier molecular flexibility index (Phi) is 4.34.